The number of hydrogen-bond acceptors (Lipinski definition) is 5. The number of aliphatic carboxylic acids is 1. The number of thioether (sulfide) groups is 1. The van der Waals surface area contributed by atoms with Gasteiger partial charge in [0.05, 0.1) is 19.7 Å². The van der Waals surface area contributed by atoms with Crippen LogP contribution in [0.15, 0.2) is 11.3 Å². The minimum absolute atomic E-state index is 0.177. The van der Waals surface area contributed by atoms with Gasteiger partial charge in [0.15, 0.2) is 8.32 Å². The first-order chi connectivity index (χ1) is 12.1. The molecule has 3 heterocycles. The fourth-order valence-corrected chi connectivity index (χ4v) is 6.10. The molecule has 3 aliphatic heterocycles. The van der Waals surface area contributed by atoms with Crippen LogP contribution in [0.1, 0.15) is 12.8 Å². The summed E-state index contributed by atoms with van der Waals surface area (Å²) in [4.78, 5) is 25.4. The molecule has 26 heavy (non-hydrogen) atoms. The van der Waals surface area contributed by atoms with Crippen LogP contribution in [-0.4, -0.2) is 84.6 Å². The molecule has 3 aliphatic rings. The third-order valence-corrected chi connectivity index (χ3v) is 7.86. The Kier molecular flexibility index (Phi) is 5.56. The zero-order valence-corrected chi connectivity index (χ0v) is 17.7. The van der Waals surface area contributed by atoms with Crippen LogP contribution in [0, 0.1) is 0 Å². The Morgan fingerprint density at radius 1 is 1.38 bits per heavy atom. The van der Waals surface area contributed by atoms with Gasteiger partial charge in [-0.3, -0.25) is 9.69 Å². The molecule has 2 saturated heterocycles. The monoisotopic (exact) mass is 400 g/mol. The summed E-state index contributed by atoms with van der Waals surface area (Å²) in [5.74, 6) is -0.646. The molecule has 0 radical (unpaired) electrons. The van der Waals surface area contributed by atoms with E-state index in [2.05, 4.69) is 19.6 Å². The SMILES string of the molecule is C[Si](C)(C)OCC[N+]1(CC2=C(C(=O)O)N3C(=O)[C@@H](N)[C@H]3SC2)CCCC1. The number of rotatable bonds is 7. The maximum absolute atomic E-state index is 12.1. The van der Waals surface area contributed by atoms with Gasteiger partial charge in [-0.15, -0.1) is 11.8 Å². The molecule has 0 aromatic rings. The number of fused-ring (bicyclic) bond motifs is 1. The average Bonchev–Trinajstić information content (AvgIpc) is 3.00. The largest absolute Gasteiger partial charge is 0.477 e. The number of carbonyl (C=O) groups excluding carboxylic acids is 1. The maximum Gasteiger partial charge on any atom is 0.352 e. The number of nitrogens with zero attached hydrogens (tertiary/aromatic N) is 2. The van der Waals surface area contributed by atoms with Crippen molar-refractivity contribution in [2.45, 2.75) is 43.9 Å². The summed E-state index contributed by atoms with van der Waals surface area (Å²) < 4.78 is 6.94. The third-order valence-electron chi connectivity index (χ3n) is 5.43. The fraction of sp³-hybridized carbons (Fsp3) is 0.765. The van der Waals surface area contributed by atoms with Crippen molar-refractivity contribution in [1.29, 1.82) is 0 Å². The smallest absolute Gasteiger partial charge is 0.352 e. The summed E-state index contributed by atoms with van der Waals surface area (Å²) in [5.41, 5.74) is 6.88. The number of carbonyl (C=O) groups is 2. The van der Waals surface area contributed by atoms with Crippen LogP contribution in [0.4, 0.5) is 0 Å². The van der Waals surface area contributed by atoms with Crippen molar-refractivity contribution in [2.75, 3.05) is 38.5 Å². The lowest BCUT2D eigenvalue weighted by molar-refractivity contribution is -0.912. The lowest BCUT2D eigenvalue weighted by Gasteiger charge is -2.48. The molecular weight excluding hydrogens is 370 g/mol. The second-order valence-corrected chi connectivity index (χ2v) is 14.1. The summed E-state index contributed by atoms with van der Waals surface area (Å²) in [5, 5.41) is 9.52. The minimum atomic E-state index is -1.56. The first-order valence-electron chi connectivity index (χ1n) is 9.28. The predicted octanol–water partition coefficient (Wildman–Crippen LogP) is 1.03. The zero-order valence-electron chi connectivity index (χ0n) is 15.9. The number of carboxylic acids is 1. The second kappa shape index (κ2) is 7.27. The molecule has 3 N–H and O–H groups in total. The molecule has 0 aliphatic carbocycles. The van der Waals surface area contributed by atoms with E-state index in [9.17, 15) is 14.7 Å². The van der Waals surface area contributed by atoms with Crippen molar-refractivity contribution in [1.82, 2.24) is 4.90 Å². The van der Waals surface area contributed by atoms with Gasteiger partial charge in [0.2, 0.25) is 5.91 Å². The maximum atomic E-state index is 12.1. The van der Waals surface area contributed by atoms with Crippen molar-refractivity contribution in [3.05, 3.63) is 11.3 Å². The molecule has 3 rings (SSSR count). The van der Waals surface area contributed by atoms with Crippen LogP contribution in [0.3, 0.4) is 0 Å². The van der Waals surface area contributed by atoms with Gasteiger partial charge in [-0.2, -0.15) is 0 Å². The van der Waals surface area contributed by atoms with Crippen molar-refractivity contribution in [2.24, 2.45) is 5.73 Å². The highest BCUT2D eigenvalue weighted by molar-refractivity contribution is 8.00. The van der Waals surface area contributed by atoms with E-state index < -0.39 is 20.3 Å². The van der Waals surface area contributed by atoms with Crippen LogP contribution < -0.4 is 5.73 Å². The van der Waals surface area contributed by atoms with Gasteiger partial charge in [0, 0.05) is 24.2 Å². The molecule has 2 atom stereocenters. The lowest BCUT2D eigenvalue weighted by atomic mass is 10.0. The van der Waals surface area contributed by atoms with Gasteiger partial charge in [0.1, 0.15) is 30.2 Å². The highest BCUT2D eigenvalue weighted by atomic mass is 32.2. The Labute approximate surface area is 160 Å². The highest BCUT2D eigenvalue weighted by Crippen LogP contribution is 2.40. The summed E-state index contributed by atoms with van der Waals surface area (Å²) in [7, 11) is -1.56. The number of hydrogen-bond donors (Lipinski definition) is 2. The Balaban J connectivity index is 1.79. The molecular formula is C17H30N3O4SSi+. The molecule has 2 fully saturated rings. The zero-order chi connectivity index (χ0) is 19.1. The van der Waals surface area contributed by atoms with Gasteiger partial charge >= 0.3 is 5.97 Å². The Morgan fingerprint density at radius 3 is 2.62 bits per heavy atom. The predicted molar refractivity (Wildman–Crippen MR) is 104 cm³/mol. The van der Waals surface area contributed by atoms with Crippen LogP contribution in [0.5, 0.6) is 0 Å². The van der Waals surface area contributed by atoms with E-state index in [1.165, 1.54) is 4.90 Å². The number of β-lactam (4-membered cyclic amide) rings is 1. The Bertz CT molecular complexity index is 628. The van der Waals surface area contributed by atoms with Crippen LogP contribution >= 0.6 is 11.8 Å². The molecule has 1 amide bonds. The number of likely N-dealkylation sites (tertiary alicyclic amines) is 1. The molecule has 0 unspecified atom stereocenters. The van der Waals surface area contributed by atoms with E-state index in [1.54, 1.807) is 11.8 Å². The molecule has 9 heteroatoms. The fourth-order valence-electron chi connectivity index (χ4n) is 4.12. The van der Waals surface area contributed by atoms with E-state index in [0.29, 0.717) is 18.9 Å². The number of quaternary nitrogens is 1. The molecule has 0 aromatic heterocycles. The number of amides is 1. The lowest BCUT2D eigenvalue weighted by Crippen LogP contribution is -2.68. The third kappa shape index (κ3) is 3.86. The average molecular weight is 401 g/mol. The summed E-state index contributed by atoms with van der Waals surface area (Å²) in [6.07, 6.45) is 2.32. The van der Waals surface area contributed by atoms with E-state index >= 15 is 0 Å². The van der Waals surface area contributed by atoms with Crippen LogP contribution in [0.25, 0.3) is 0 Å². The quantitative estimate of drug-likeness (QED) is 0.377. The van der Waals surface area contributed by atoms with Crippen molar-refractivity contribution >= 4 is 32.0 Å². The summed E-state index contributed by atoms with van der Waals surface area (Å²) >= 11 is 1.59. The topological polar surface area (TPSA) is 92.9 Å². The molecule has 0 saturated carbocycles. The van der Waals surface area contributed by atoms with E-state index in [4.69, 9.17) is 10.2 Å². The van der Waals surface area contributed by atoms with Gasteiger partial charge in [-0.05, 0) is 19.6 Å². The first-order valence-corrected chi connectivity index (χ1v) is 13.7. The van der Waals surface area contributed by atoms with Gasteiger partial charge < -0.3 is 19.7 Å². The first kappa shape index (κ1) is 19.9. The van der Waals surface area contributed by atoms with E-state index in [0.717, 1.165) is 42.5 Å². The molecule has 0 spiro atoms. The van der Waals surface area contributed by atoms with E-state index in [1.807, 2.05) is 0 Å². The Hall–Kier alpha value is -0.873. The highest BCUT2D eigenvalue weighted by Gasteiger charge is 2.52. The minimum Gasteiger partial charge on any atom is -0.477 e. The molecule has 0 aromatic carbocycles. The number of carboxylic acid groups (broad SMARTS) is 1. The van der Waals surface area contributed by atoms with Gasteiger partial charge in [-0.1, -0.05) is 0 Å². The summed E-state index contributed by atoms with van der Waals surface area (Å²) in [6, 6.07) is -0.573. The van der Waals surface area contributed by atoms with Gasteiger partial charge in [-0.25, -0.2) is 4.79 Å². The van der Waals surface area contributed by atoms with Crippen molar-refractivity contribution in [3.63, 3.8) is 0 Å². The van der Waals surface area contributed by atoms with Crippen LogP contribution in [-0.2, 0) is 14.0 Å². The van der Waals surface area contributed by atoms with Crippen molar-refractivity contribution in [3.8, 4) is 0 Å². The van der Waals surface area contributed by atoms with Crippen molar-refractivity contribution < 1.29 is 23.6 Å². The number of nitrogens with two attached hydrogens (primary N) is 1. The Morgan fingerprint density at radius 2 is 2.04 bits per heavy atom. The van der Waals surface area contributed by atoms with Crippen LogP contribution in [0.2, 0.25) is 19.6 Å². The molecule has 7 nitrogen and oxygen atoms in total. The normalized spacial score (nSPS) is 28.2. The second-order valence-electron chi connectivity index (χ2n) is 8.53. The standard InChI is InChI=1S/C17H29N3O4SSi/c1-26(2,3)24-9-8-20(6-4-5-7-20)10-12-11-25-16-13(18)15(21)19(16)14(12)17(22)23/h13,16H,4-11,18H2,1-3H3/p+1/t13-,16-/m1/s1. The van der Waals surface area contributed by atoms with E-state index in [-0.39, 0.29) is 17.0 Å². The summed E-state index contributed by atoms with van der Waals surface area (Å²) in [6.45, 7) is 11.0. The molecule has 146 valence electrons. The molecule has 0 bridgehead atoms. The van der Waals surface area contributed by atoms with Gasteiger partial charge in [0.25, 0.3) is 0 Å².